The van der Waals surface area contributed by atoms with Crippen LogP contribution in [0.2, 0.25) is 0 Å². The van der Waals surface area contributed by atoms with Gasteiger partial charge < -0.3 is 21.1 Å². The van der Waals surface area contributed by atoms with Crippen LogP contribution >= 0.6 is 11.3 Å². The van der Waals surface area contributed by atoms with Gasteiger partial charge in [0.1, 0.15) is 5.76 Å². The second kappa shape index (κ2) is 13.7. The largest absolute Gasteiger partial charge is 3.00 e. The quantitative estimate of drug-likeness (QED) is 0.276. The van der Waals surface area contributed by atoms with E-state index in [4.69, 9.17) is 14.2 Å². The van der Waals surface area contributed by atoms with Crippen molar-refractivity contribution < 1.29 is 29.0 Å². The van der Waals surface area contributed by atoms with E-state index < -0.39 is 6.85 Å². The maximum Gasteiger partial charge on any atom is 3.00 e. The second-order valence-corrected chi connectivity index (χ2v) is 15.3. The zero-order valence-electron chi connectivity index (χ0n) is 29.2. The molecule has 4 nitrogen and oxygen atoms in total. The third kappa shape index (κ3) is 6.55. The number of aliphatic imine (C=N–C) groups is 1. The smallest absolute Gasteiger partial charge is 0.769 e. The summed E-state index contributed by atoms with van der Waals surface area (Å²) in [4.78, 5) is 7.70. The molecule has 43 heavy (non-hydrogen) atoms. The van der Waals surface area contributed by atoms with Crippen LogP contribution in [0.4, 0.5) is 0 Å². The van der Waals surface area contributed by atoms with Crippen LogP contribution in [0.1, 0.15) is 117 Å². The average molecular weight is 780 g/mol. The summed E-state index contributed by atoms with van der Waals surface area (Å²) >= 11 is 2.01. The Morgan fingerprint density at radius 3 is 2.70 bits per heavy atom. The van der Waals surface area contributed by atoms with E-state index in [1.54, 1.807) is 16.0 Å². The molecule has 8 rings (SSSR count). The van der Waals surface area contributed by atoms with E-state index in [-0.39, 0.29) is 32.4 Å². The molecule has 7 atom stereocenters. The second-order valence-electron chi connectivity index (χ2n) is 14.1. The first-order valence-electron chi connectivity index (χ1n) is 18.4. The number of fused-ring (bicyclic) bond motifs is 6. The van der Waals surface area contributed by atoms with Crippen molar-refractivity contribution in [3.8, 4) is 0 Å². The number of aryl methyl sites for hydroxylation is 1. The van der Waals surface area contributed by atoms with E-state index >= 15 is 0 Å². The van der Waals surface area contributed by atoms with E-state index in [9.17, 15) is 0 Å². The van der Waals surface area contributed by atoms with Gasteiger partial charge in [-0.3, -0.25) is 11.1 Å². The minimum atomic E-state index is -2.09. The molecular formula is C37H50IrN3OS. The topological polar surface area (TPSA) is 49.8 Å². The third-order valence-corrected chi connectivity index (χ3v) is 12.4. The summed E-state index contributed by atoms with van der Waals surface area (Å²) in [6.45, 7) is 6.64. The molecule has 0 N–H and O–H groups in total. The van der Waals surface area contributed by atoms with Crippen molar-refractivity contribution in [3.05, 3.63) is 66.3 Å². The number of nitrogens with zero attached hydrogens (tertiary/aromatic N) is 3. The van der Waals surface area contributed by atoms with Crippen molar-refractivity contribution in [1.29, 1.82) is 0 Å². The minimum Gasteiger partial charge on any atom is -0.769 e. The molecule has 1 saturated heterocycles. The fourth-order valence-corrected chi connectivity index (χ4v) is 9.58. The average Bonchev–Trinajstić information content (AvgIpc) is 3.60. The normalized spacial score (nSPS) is 36.0. The number of ether oxygens (including phenoxy) is 1. The van der Waals surface area contributed by atoms with Crippen LogP contribution in [-0.4, -0.2) is 24.5 Å². The SMILES string of the molecule is C[C@H]1C[C-]=C(C2=C[C@H](C)[C@H](C)C[N-]2)CC1.[2H]C([2H])([2H])C1=NC2OC3=C([C@H]4Cc5c(sc6c5CCCC6)C[N-]4)CCCC3C2CC1.[Ir+3]. The van der Waals surface area contributed by atoms with Crippen LogP contribution in [0.3, 0.4) is 0 Å². The van der Waals surface area contributed by atoms with Crippen LogP contribution in [0.25, 0.3) is 10.6 Å². The monoisotopic (exact) mass is 780 g/mol. The summed E-state index contributed by atoms with van der Waals surface area (Å²) in [6.07, 6.45) is 20.2. The number of hydrogen-bond donors (Lipinski definition) is 0. The molecule has 0 amide bonds. The molecular weight excluding hydrogens is 727 g/mol. The Balaban J connectivity index is 0.000000197. The van der Waals surface area contributed by atoms with Gasteiger partial charge in [0.05, 0.1) is 0 Å². The summed E-state index contributed by atoms with van der Waals surface area (Å²) < 4.78 is 29.6. The van der Waals surface area contributed by atoms with Gasteiger partial charge >= 0.3 is 20.1 Å². The molecule has 3 aliphatic carbocycles. The zero-order valence-corrected chi connectivity index (χ0v) is 29.4. The van der Waals surface area contributed by atoms with E-state index in [1.165, 1.54) is 66.7 Å². The van der Waals surface area contributed by atoms with Gasteiger partial charge in [-0.05, 0) is 98.6 Å². The molecule has 0 saturated carbocycles. The van der Waals surface area contributed by atoms with Crippen molar-refractivity contribution in [2.75, 3.05) is 6.54 Å². The molecule has 1 fully saturated rings. The van der Waals surface area contributed by atoms with Gasteiger partial charge in [-0.2, -0.15) is 6.08 Å². The predicted molar refractivity (Wildman–Crippen MR) is 175 cm³/mol. The fourth-order valence-electron chi connectivity index (χ4n) is 8.22. The van der Waals surface area contributed by atoms with Crippen LogP contribution in [0.15, 0.2) is 33.7 Å². The van der Waals surface area contributed by atoms with Gasteiger partial charge in [-0.15, -0.1) is 36.9 Å². The molecule has 3 unspecified atom stereocenters. The Morgan fingerprint density at radius 2 is 1.88 bits per heavy atom. The minimum absolute atomic E-state index is 0. The van der Waals surface area contributed by atoms with Crippen LogP contribution in [0.5, 0.6) is 0 Å². The molecule has 1 aromatic rings. The first kappa shape index (κ1) is 28.1. The van der Waals surface area contributed by atoms with Crippen LogP contribution in [-0.2, 0) is 50.6 Å². The first-order chi connectivity index (χ1) is 21.7. The van der Waals surface area contributed by atoms with Gasteiger partial charge in [0, 0.05) is 26.5 Å². The number of rotatable bonds is 2. The van der Waals surface area contributed by atoms with E-state index in [0.29, 0.717) is 35.8 Å². The Hall–Kier alpha value is -1.20. The fraction of sp³-hybridized carbons (Fsp3) is 0.703. The first-order valence-corrected chi connectivity index (χ1v) is 17.7. The maximum absolute atomic E-state index is 7.73. The number of hydrogen-bond acceptors (Lipinski definition) is 3. The number of thiophene rings is 1. The van der Waals surface area contributed by atoms with Crippen molar-refractivity contribution in [3.63, 3.8) is 0 Å². The van der Waals surface area contributed by atoms with Gasteiger partial charge in [0.2, 0.25) is 0 Å². The summed E-state index contributed by atoms with van der Waals surface area (Å²) in [6, 6.07) is 0.238. The van der Waals surface area contributed by atoms with Crippen molar-refractivity contribution in [2.45, 2.75) is 130 Å². The molecule has 5 heterocycles. The summed E-state index contributed by atoms with van der Waals surface area (Å²) in [5.74, 6) is 4.08. The molecule has 1 aromatic heterocycles. The van der Waals surface area contributed by atoms with Crippen molar-refractivity contribution >= 4 is 17.0 Å². The Morgan fingerprint density at radius 1 is 1.00 bits per heavy atom. The van der Waals surface area contributed by atoms with Gasteiger partial charge in [0.15, 0.2) is 6.23 Å². The van der Waals surface area contributed by atoms with Crippen LogP contribution < -0.4 is 0 Å². The molecule has 0 spiro atoms. The summed E-state index contributed by atoms with van der Waals surface area (Å²) in [5.41, 5.74) is 7.61. The molecule has 234 valence electrons. The zero-order chi connectivity index (χ0) is 31.3. The Bertz CT molecular complexity index is 1410. The number of allylic oxidation sites excluding steroid dienone is 4. The molecule has 0 aromatic carbocycles. The predicted octanol–water partition coefficient (Wildman–Crippen LogP) is 9.78. The van der Waals surface area contributed by atoms with Crippen molar-refractivity contribution in [1.82, 2.24) is 0 Å². The maximum atomic E-state index is 7.73. The summed E-state index contributed by atoms with van der Waals surface area (Å²) in [5, 5.41) is 9.79. The van der Waals surface area contributed by atoms with Gasteiger partial charge in [-0.25, -0.2) is 5.57 Å². The van der Waals surface area contributed by atoms with Crippen LogP contribution in [0, 0.1) is 35.7 Å². The Labute approximate surface area is 282 Å². The molecule has 7 aliphatic rings. The standard InChI is InChI=1S/C23H29N2OS.C14H21N.Ir/c1-13-9-10-16-15-6-4-7-17(22(15)26-23(16)25-13)19-11-18-14-5-2-3-8-20(14)27-21(18)12-24-19;1-10-4-6-13(7-5-10)14-8-11(2)12(3)9-15-14;/h15-16,19,23H,2-12H2,1H3;8,10-12H,4-6,9H2,1-3H3;/q-1;-2;+3/t15?,16?,19-,23?;10-,11+,12-;/m11./s1/i1D3;;. The molecule has 4 aliphatic heterocycles. The molecule has 0 bridgehead atoms. The molecule has 0 radical (unpaired) electrons. The van der Waals surface area contributed by atoms with Crippen molar-refractivity contribution in [2.24, 2.45) is 34.6 Å². The van der Waals surface area contributed by atoms with Gasteiger partial charge in [-0.1, -0.05) is 45.4 Å². The third-order valence-electron chi connectivity index (χ3n) is 11.1. The Kier molecular flexibility index (Phi) is 8.91. The molecule has 6 heteroatoms. The summed E-state index contributed by atoms with van der Waals surface area (Å²) in [7, 11) is 0. The van der Waals surface area contributed by atoms with E-state index in [1.807, 2.05) is 11.3 Å². The van der Waals surface area contributed by atoms with Gasteiger partial charge in [0.25, 0.3) is 0 Å². The van der Waals surface area contributed by atoms with E-state index in [2.05, 4.69) is 43.2 Å². The van der Waals surface area contributed by atoms with E-state index in [0.717, 1.165) is 56.9 Å².